The lowest BCUT2D eigenvalue weighted by Gasteiger charge is -2.21. The fourth-order valence-corrected chi connectivity index (χ4v) is 4.83. The van der Waals surface area contributed by atoms with E-state index >= 15 is 0 Å². The maximum atomic E-state index is 13.3. The number of fused-ring (bicyclic) bond motifs is 1. The van der Waals surface area contributed by atoms with Crippen molar-refractivity contribution >= 4 is 63.3 Å². The van der Waals surface area contributed by atoms with E-state index in [0.717, 1.165) is 40.7 Å². The number of amides is 5. The van der Waals surface area contributed by atoms with Gasteiger partial charge in [0.25, 0.3) is 29.5 Å². The van der Waals surface area contributed by atoms with Crippen molar-refractivity contribution in [3.8, 4) is 0 Å². The predicted molar refractivity (Wildman–Crippen MR) is 153 cm³/mol. The lowest BCUT2D eigenvalue weighted by Crippen LogP contribution is -2.33. The first-order valence-corrected chi connectivity index (χ1v) is 12.9. The van der Waals surface area contributed by atoms with Gasteiger partial charge < -0.3 is 14.6 Å². The van der Waals surface area contributed by atoms with Gasteiger partial charge in [0, 0.05) is 59.2 Å². The Labute approximate surface area is 234 Å². The molecule has 0 fully saturated rings. The smallest absolute Gasteiger partial charge is 0.349 e. The molecule has 5 amide bonds. The number of benzene rings is 2. The number of anilines is 4. The maximum Gasteiger partial charge on any atom is 0.349 e. The Balaban J connectivity index is 1.53. The molecule has 3 aromatic rings. The first-order chi connectivity index (χ1) is 19.5. The number of carbonyl (C=O) groups is 5. The van der Waals surface area contributed by atoms with Crippen LogP contribution in [0.1, 0.15) is 38.1 Å². The lowest BCUT2D eigenvalue weighted by molar-refractivity contribution is -0.121. The Bertz CT molecular complexity index is 1730. The minimum Gasteiger partial charge on any atom is -0.422 e. The third kappa shape index (κ3) is 4.82. The summed E-state index contributed by atoms with van der Waals surface area (Å²) in [6, 6.07) is 10.8. The largest absolute Gasteiger partial charge is 0.422 e. The SMILES string of the molecule is CCN(CC)c1ccc2cc(C(=O)Nc3cc(N4C(=O)C=C(C)C4=O)cc(N4C(=O)C=C(C)C4=O)c3)c(=O)oc2c1. The number of hydrogen-bond donors (Lipinski definition) is 1. The first kappa shape index (κ1) is 27.3. The molecule has 41 heavy (non-hydrogen) atoms. The summed E-state index contributed by atoms with van der Waals surface area (Å²) in [4.78, 5) is 80.5. The highest BCUT2D eigenvalue weighted by atomic mass is 16.4. The minimum absolute atomic E-state index is 0.0283. The zero-order valence-corrected chi connectivity index (χ0v) is 22.8. The highest BCUT2D eigenvalue weighted by Gasteiger charge is 2.34. The van der Waals surface area contributed by atoms with Gasteiger partial charge in [-0.15, -0.1) is 0 Å². The van der Waals surface area contributed by atoms with Crippen molar-refractivity contribution in [3.05, 3.63) is 81.7 Å². The average Bonchev–Trinajstić information content (AvgIpc) is 3.34. The van der Waals surface area contributed by atoms with Gasteiger partial charge in [-0.05, 0) is 64.1 Å². The Morgan fingerprint density at radius 3 is 1.85 bits per heavy atom. The van der Waals surface area contributed by atoms with Crippen LogP contribution in [-0.4, -0.2) is 42.6 Å². The van der Waals surface area contributed by atoms with E-state index in [-0.39, 0.29) is 33.8 Å². The standard InChI is InChI=1S/C30H26N4O7/c1-5-32(6-2)20-8-7-18-11-23(30(40)41-24(18)15-20)27(37)31-19-12-21(33-25(35)9-16(3)28(33)38)14-22(13-19)34-26(36)10-17(4)29(34)39/h7-15H,5-6H2,1-4H3,(H,31,37). The van der Waals surface area contributed by atoms with Crippen molar-refractivity contribution < 1.29 is 28.4 Å². The van der Waals surface area contributed by atoms with E-state index in [0.29, 0.717) is 11.0 Å². The van der Waals surface area contributed by atoms with Crippen LogP contribution >= 0.6 is 0 Å². The van der Waals surface area contributed by atoms with E-state index in [1.165, 1.54) is 38.1 Å². The van der Waals surface area contributed by atoms with Crippen LogP contribution in [0.2, 0.25) is 0 Å². The highest BCUT2D eigenvalue weighted by Crippen LogP contribution is 2.33. The summed E-state index contributed by atoms with van der Waals surface area (Å²) in [5.41, 5.74) is 0.552. The summed E-state index contributed by atoms with van der Waals surface area (Å²) in [6.45, 7) is 8.52. The molecule has 3 heterocycles. The van der Waals surface area contributed by atoms with Crippen LogP contribution in [0.5, 0.6) is 0 Å². The van der Waals surface area contributed by atoms with Crippen LogP contribution in [0.25, 0.3) is 11.0 Å². The first-order valence-electron chi connectivity index (χ1n) is 12.9. The van der Waals surface area contributed by atoms with Crippen molar-refractivity contribution in [2.24, 2.45) is 0 Å². The van der Waals surface area contributed by atoms with Crippen molar-refractivity contribution in [1.29, 1.82) is 0 Å². The zero-order chi connectivity index (χ0) is 29.6. The van der Waals surface area contributed by atoms with E-state index in [1.807, 2.05) is 19.9 Å². The van der Waals surface area contributed by atoms with Crippen LogP contribution in [0.4, 0.5) is 22.7 Å². The van der Waals surface area contributed by atoms with Gasteiger partial charge in [-0.1, -0.05) is 0 Å². The van der Waals surface area contributed by atoms with Gasteiger partial charge >= 0.3 is 5.63 Å². The summed E-state index contributed by atoms with van der Waals surface area (Å²) < 4.78 is 5.47. The minimum atomic E-state index is -0.863. The maximum absolute atomic E-state index is 13.3. The van der Waals surface area contributed by atoms with Crippen LogP contribution in [0, 0.1) is 0 Å². The Kier molecular flexibility index (Phi) is 6.87. The van der Waals surface area contributed by atoms with Gasteiger partial charge in [-0.3, -0.25) is 24.0 Å². The molecule has 1 N–H and O–H groups in total. The molecule has 2 aliphatic rings. The molecular weight excluding hydrogens is 528 g/mol. The van der Waals surface area contributed by atoms with Crippen LogP contribution in [0.15, 0.2) is 75.0 Å². The molecule has 5 rings (SSSR count). The molecule has 0 atom stereocenters. The number of hydrogen-bond acceptors (Lipinski definition) is 8. The third-order valence-electron chi connectivity index (χ3n) is 6.97. The van der Waals surface area contributed by atoms with Crippen molar-refractivity contribution in [2.45, 2.75) is 27.7 Å². The van der Waals surface area contributed by atoms with E-state index in [9.17, 15) is 28.8 Å². The summed E-state index contributed by atoms with van der Waals surface area (Å²) in [7, 11) is 0. The van der Waals surface area contributed by atoms with Crippen molar-refractivity contribution in [3.63, 3.8) is 0 Å². The molecule has 11 nitrogen and oxygen atoms in total. The molecule has 0 saturated heterocycles. The molecule has 2 aromatic carbocycles. The Morgan fingerprint density at radius 1 is 0.805 bits per heavy atom. The van der Waals surface area contributed by atoms with Crippen molar-refractivity contribution in [2.75, 3.05) is 33.1 Å². The fraction of sp³-hybridized carbons (Fsp3) is 0.200. The zero-order valence-electron chi connectivity index (χ0n) is 22.8. The second kappa shape index (κ2) is 10.3. The monoisotopic (exact) mass is 554 g/mol. The number of nitrogens with zero attached hydrogens (tertiary/aromatic N) is 3. The molecule has 1 aromatic heterocycles. The summed E-state index contributed by atoms with van der Waals surface area (Å²) in [5, 5.41) is 3.11. The van der Waals surface area contributed by atoms with Gasteiger partial charge in [0.05, 0.1) is 11.4 Å². The quantitative estimate of drug-likeness (QED) is 0.346. The molecule has 2 aliphatic heterocycles. The lowest BCUT2D eigenvalue weighted by atomic mass is 10.1. The Hall–Kier alpha value is -5.32. The number of imide groups is 2. The number of nitrogens with one attached hydrogen (secondary N) is 1. The summed E-state index contributed by atoms with van der Waals surface area (Å²) in [5.74, 6) is -3.23. The van der Waals surface area contributed by atoms with Gasteiger partial charge in [0.2, 0.25) is 0 Å². The van der Waals surface area contributed by atoms with Crippen LogP contribution in [0.3, 0.4) is 0 Å². The summed E-state index contributed by atoms with van der Waals surface area (Å²) in [6.07, 6.45) is 2.33. The molecule has 0 unspecified atom stereocenters. The second-order valence-corrected chi connectivity index (χ2v) is 9.65. The van der Waals surface area contributed by atoms with Gasteiger partial charge in [-0.25, -0.2) is 14.6 Å². The van der Waals surface area contributed by atoms with E-state index < -0.39 is 35.2 Å². The highest BCUT2D eigenvalue weighted by molar-refractivity contribution is 6.32. The summed E-state index contributed by atoms with van der Waals surface area (Å²) >= 11 is 0. The second-order valence-electron chi connectivity index (χ2n) is 9.65. The molecule has 0 aliphatic carbocycles. The van der Waals surface area contributed by atoms with Crippen molar-refractivity contribution in [1.82, 2.24) is 0 Å². The molecule has 11 heteroatoms. The van der Waals surface area contributed by atoms with Crippen LogP contribution < -0.4 is 25.6 Å². The number of rotatable bonds is 7. The topological polar surface area (TPSA) is 137 Å². The Morgan fingerprint density at radius 2 is 1.37 bits per heavy atom. The van der Waals surface area contributed by atoms with Gasteiger partial charge in [-0.2, -0.15) is 0 Å². The molecule has 0 saturated carbocycles. The van der Waals surface area contributed by atoms with E-state index in [2.05, 4.69) is 10.2 Å². The average molecular weight is 555 g/mol. The van der Waals surface area contributed by atoms with E-state index in [4.69, 9.17) is 4.42 Å². The third-order valence-corrected chi connectivity index (χ3v) is 6.97. The fourth-order valence-electron chi connectivity index (χ4n) is 4.83. The molecule has 0 bridgehead atoms. The molecule has 0 radical (unpaired) electrons. The van der Waals surface area contributed by atoms with Crippen LogP contribution in [-0.2, 0) is 19.2 Å². The molecular formula is C30H26N4O7. The predicted octanol–water partition coefficient (Wildman–Crippen LogP) is 3.53. The molecule has 208 valence electrons. The molecule has 0 spiro atoms. The van der Waals surface area contributed by atoms with Gasteiger partial charge in [0.1, 0.15) is 11.1 Å². The normalized spacial score (nSPS) is 15.1. The van der Waals surface area contributed by atoms with Gasteiger partial charge in [0.15, 0.2) is 0 Å². The number of carbonyl (C=O) groups excluding carboxylic acids is 5. The van der Waals surface area contributed by atoms with E-state index in [1.54, 1.807) is 12.1 Å².